The maximum Gasteiger partial charge on any atom is 0.255 e. The van der Waals surface area contributed by atoms with E-state index in [0.717, 1.165) is 17.8 Å². The molecule has 1 fully saturated rings. The van der Waals surface area contributed by atoms with Crippen LogP contribution in [-0.4, -0.2) is 31.8 Å². The van der Waals surface area contributed by atoms with Gasteiger partial charge in [-0.25, -0.2) is 13.6 Å². The third-order valence-corrected chi connectivity index (χ3v) is 7.02. The lowest BCUT2D eigenvalue weighted by Gasteiger charge is -2.41. The van der Waals surface area contributed by atoms with Crippen LogP contribution in [0.4, 0.5) is 0 Å². The lowest BCUT2D eigenvalue weighted by Crippen LogP contribution is -2.48. The van der Waals surface area contributed by atoms with Crippen molar-refractivity contribution in [2.75, 3.05) is 6.54 Å². The van der Waals surface area contributed by atoms with Crippen molar-refractivity contribution in [1.82, 2.24) is 4.90 Å². The number of amides is 1. The smallest absolute Gasteiger partial charge is 0.255 e. The first-order valence-electron chi connectivity index (χ1n) is 7.04. The quantitative estimate of drug-likeness (QED) is 0.903. The fourth-order valence-electron chi connectivity index (χ4n) is 3.03. The van der Waals surface area contributed by atoms with Gasteiger partial charge in [-0.15, -0.1) is 11.3 Å². The van der Waals surface area contributed by atoms with Crippen molar-refractivity contribution in [3.8, 4) is 0 Å². The van der Waals surface area contributed by atoms with Gasteiger partial charge in [0.1, 0.15) is 4.21 Å². The molecule has 2 rings (SSSR count). The SMILES string of the molecule is Cc1c(C(=O)N2CC(C)CC(C)C2C)csc1S(N)(=O)=O. The van der Waals surface area contributed by atoms with Gasteiger partial charge in [-0.3, -0.25) is 4.79 Å². The van der Waals surface area contributed by atoms with E-state index < -0.39 is 10.0 Å². The number of hydrogen-bond donors (Lipinski definition) is 1. The molecule has 0 spiro atoms. The molecule has 2 heterocycles. The molecule has 1 amide bonds. The molecule has 1 aliphatic rings. The first-order valence-corrected chi connectivity index (χ1v) is 9.47. The predicted octanol–water partition coefficient (Wildman–Crippen LogP) is 2.21. The monoisotopic (exact) mass is 330 g/mol. The number of nitrogens with two attached hydrogens (primary N) is 1. The average molecular weight is 330 g/mol. The van der Waals surface area contributed by atoms with Crippen molar-refractivity contribution in [3.05, 3.63) is 16.5 Å². The van der Waals surface area contributed by atoms with Gasteiger partial charge in [-0.05, 0) is 37.7 Å². The van der Waals surface area contributed by atoms with Crippen LogP contribution in [0.1, 0.15) is 43.1 Å². The first-order chi connectivity index (χ1) is 9.62. The highest BCUT2D eigenvalue weighted by atomic mass is 32.2. The molecule has 0 radical (unpaired) electrons. The Morgan fingerprint density at radius 3 is 2.52 bits per heavy atom. The van der Waals surface area contributed by atoms with Crippen LogP contribution < -0.4 is 5.14 Å². The highest BCUT2D eigenvalue weighted by Gasteiger charge is 2.34. The molecule has 3 atom stereocenters. The summed E-state index contributed by atoms with van der Waals surface area (Å²) in [6.45, 7) is 8.70. The number of carbonyl (C=O) groups is 1. The molecular formula is C14H22N2O3S2. The molecular weight excluding hydrogens is 308 g/mol. The number of likely N-dealkylation sites (tertiary alicyclic amines) is 1. The fourth-order valence-corrected chi connectivity index (χ4v) is 5.04. The molecule has 118 valence electrons. The minimum Gasteiger partial charge on any atom is -0.335 e. The van der Waals surface area contributed by atoms with Gasteiger partial charge in [-0.2, -0.15) is 0 Å². The number of primary sulfonamides is 1. The summed E-state index contributed by atoms with van der Waals surface area (Å²) in [4.78, 5) is 14.6. The molecule has 7 heteroatoms. The normalized spacial score (nSPS) is 26.9. The van der Waals surface area contributed by atoms with Crippen LogP contribution in [0.3, 0.4) is 0 Å². The first kappa shape index (κ1) is 16.5. The van der Waals surface area contributed by atoms with E-state index in [-0.39, 0.29) is 16.2 Å². The van der Waals surface area contributed by atoms with Crippen molar-refractivity contribution in [2.45, 2.75) is 44.4 Å². The summed E-state index contributed by atoms with van der Waals surface area (Å²) in [5.74, 6) is 0.802. The lowest BCUT2D eigenvalue weighted by atomic mass is 9.85. The highest BCUT2D eigenvalue weighted by Crippen LogP contribution is 2.31. The van der Waals surface area contributed by atoms with Gasteiger partial charge < -0.3 is 4.90 Å². The Morgan fingerprint density at radius 2 is 2.00 bits per heavy atom. The molecule has 1 aromatic rings. The van der Waals surface area contributed by atoms with E-state index in [0.29, 0.717) is 29.5 Å². The molecule has 3 unspecified atom stereocenters. The van der Waals surface area contributed by atoms with E-state index in [1.807, 2.05) is 4.90 Å². The van der Waals surface area contributed by atoms with Crippen LogP contribution in [0.5, 0.6) is 0 Å². The van der Waals surface area contributed by atoms with E-state index in [1.54, 1.807) is 12.3 Å². The zero-order valence-corrected chi connectivity index (χ0v) is 14.4. The van der Waals surface area contributed by atoms with Crippen molar-refractivity contribution >= 4 is 27.3 Å². The lowest BCUT2D eigenvalue weighted by molar-refractivity contribution is 0.0455. The molecule has 1 aromatic heterocycles. The Hall–Kier alpha value is -0.920. The zero-order valence-electron chi connectivity index (χ0n) is 12.8. The Kier molecular flexibility index (Phi) is 4.46. The van der Waals surface area contributed by atoms with Crippen LogP contribution in [-0.2, 0) is 10.0 Å². The highest BCUT2D eigenvalue weighted by molar-refractivity contribution is 7.91. The minimum atomic E-state index is -3.76. The molecule has 0 bridgehead atoms. The topological polar surface area (TPSA) is 80.5 Å². The number of piperidine rings is 1. The molecule has 1 saturated heterocycles. The summed E-state index contributed by atoms with van der Waals surface area (Å²) >= 11 is 1.02. The number of thiophene rings is 1. The van der Waals surface area contributed by atoms with Gasteiger partial charge in [0.2, 0.25) is 10.0 Å². The Labute approximate surface area is 130 Å². The van der Waals surface area contributed by atoms with Crippen LogP contribution in [0.25, 0.3) is 0 Å². The third kappa shape index (κ3) is 3.14. The third-order valence-electron chi connectivity index (χ3n) is 4.34. The van der Waals surface area contributed by atoms with E-state index in [4.69, 9.17) is 5.14 Å². The predicted molar refractivity (Wildman–Crippen MR) is 83.9 cm³/mol. The van der Waals surface area contributed by atoms with E-state index in [9.17, 15) is 13.2 Å². The molecule has 0 aliphatic carbocycles. The second-order valence-corrected chi connectivity index (χ2v) is 8.76. The number of hydrogen-bond acceptors (Lipinski definition) is 4. The summed E-state index contributed by atoms with van der Waals surface area (Å²) in [7, 11) is -3.76. The van der Waals surface area contributed by atoms with E-state index >= 15 is 0 Å². The molecule has 5 nitrogen and oxygen atoms in total. The molecule has 21 heavy (non-hydrogen) atoms. The largest absolute Gasteiger partial charge is 0.335 e. The van der Waals surface area contributed by atoms with E-state index in [2.05, 4.69) is 20.8 Å². The van der Waals surface area contributed by atoms with Crippen molar-refractivity contribution in [3.63, 3.8) is 0 Å². The van der Waals surface area contributed by atoms with Crippen LogP contribution in [0.2, 0.25) is 0 Å². The Morgan fingerprint density at radius 1 is 1.38 bits per heavy atom. The van der Waals surface area contributed by atoms with Crippen molar-refractivity contribution < 1.29 is 13.2 Å². The molecule has 0 aromatic carbocycles. The van der Waals surface area contributed by atoms with Gasteiger partial charge in [0.05, 0.1) is 5.56 Å². The van der Waals surface area contributed by atoms with Gasteiger partial charge in [0.15, 0.2) is 0 Å². The second-order valence-electron chi connectivity index (χ2n) is 6.12. The number of sulfonamides is 1. The summed E-state index contributed by atoms with van der Waals surface area (Å²) in [6, 6.07) is 0.158. The number of nitrogens with zero attached hydrogens (tertiary/aromatic N) is 1. The summed E-state index contributed by atoms with van der Waals surface area (Å²) in [5, 5.41) is 6.78. The van der Waals surface area contributed by atoms with Gasteiger partial charge in [0.25, 0.3) is 5.91 Å². The average Bonchev–Trinajstić information content (AvgIpc) is 2.74. The molecule has 0 saturated carbocycles. The van der Waals surface area contributed by atoms with Crippen LogP contribution in [0, 0.1) is 18.8 Å². The second kappa shape index (κ2) is 5.70. The van der Waals surface area contributed by atoms with Crippen molar-refractivity contribution in [1.29, 1.82) is 0 Å². The summed E-state index contributed by atoms with van der Waals surface area (Å²) in [5.41, 5.74) is 0.919. The maximum atomic E-state index is 12.8. The van der Waals surface area contributed by atoms with Gasteiger partial charge in [0, 0.05) is 18.0 Å². The number of carbonyl (C=O) groups excluding carboxylic acids is 1. The Bertz CT molecular complexity index is 651. The van der Waals surface area contributed by atoms with Crippen LogP contribution >= 0.6 is 11.3 Å². The standard InChI is InChI=1S/C14H22N2O3S2/c1-8-5-9(2)11(4)16(6-8)13(17)12-7-20-14(10(12)3)21(15,18)19/h7-9,11H,5-6H2,1-4H3,(H2,15,18,19). The maximum absolute atomic E-state index is 12.8. The van der Waals surface area contributed by atoms with Crippen molar-refractivity contribution in [2.24, 2.45) is 17.0 Å². The molecule has 2 N–H and O–H groups in total. The summed E-state index contributed by atoms with van der Waals surface area (Å²) < 4.78 is 23.1. The van der Waals surface area contributed by atoms with Gasteiger partial charge >= 0.3 is 0 Å². The van der Waals surface area contributed by atoms with Crippen LogP contribution in [0.15, 0.2) is 9.59 Å². The van der Waals surface area contributed by atoms with Gasteiger partial charge in [-0.1, -0.05) is 13.8 Å². The minimum absolute atomic E-state index is 0.0802. The number of rotatable bonds is 2. The molecule has 1 aliphatic heterocycles. The van der Waals surface area contributed by atoms with E-state index in [1.165, 1.54) is 0 Å². The summed E-state index contributed by atoms with van der Waals surface area (Å²) in [6.07, 6.45) is 1.11. The Balaban J connectivity index is 2.34. The fraction of sp³-hybridized carbons (Fsp3) is 0.643. The zero-order chi connectivity index (χ0) is 15.9.